The van der Waals surface area contributed by atoms with Crippen molar-refractivity contribution in [3.8, 4) is 0 Å². The van der Waals surface area contributed by atoms with Crippen molar-refractivity contribution < 1.29 is 0 Å². The lowest BCUT2D eigenvalue weighted by atomic mass is 9.89. The zero-order valence-electron chi connectivity index (χ0n) is 12.2. The van der Waals surface area contributed by atoms with Crippen LogP contribution in [0.4, 0.5) is 0 Å². The monoisotopic (exact) mass is 313 g/mol. The minimum absolute atomic E-state index is 0.0952. The van der Waals surface area contributed by atoms with Gasteiger partial charge in [0.15, 0.2) is 0 Å². The molecule has 2 heterocycles. The van der Waals surface area contributed by atoms with E-state index in [1.165, 1.54) is 11.5 Å². The molecule has 5 nitrogen and oxygen atoms in total. The summed E-state index contributed by atoms with van der Waals surface area (Å²) >= 11 is 7.59. The second-order valence-corrected chi connectivity index (χ2v) is 7.01. The molecular weight excluding hydrogens is 294 g/mol. The Bertz CT molecular complexity index is 584. The minimum atomic E-state index is -0.342. The van der Waals surface area contributed by atoms with Crippen LogP contribution in [0.5, 0.6) is 0 Å². The zero-order chi connectivity index (χ0) is 14.9. The average molecular weight is 314 g/mol. The average Bonchev–Trinajstić information content (AvgIpc) is 2.95. The summed E-state index contributed by atoms with van der Waals surface area (Å²) < 4.78 is 5.94. The first-order valence-electron chi connectivity index (χ1n) is 6.65. The fourth-order valence-corrected chi connectivity index (χ4v) is 3.24. The Labute approximate surface area is 128 Å². The van der Waals surface area contributed by atoms with E-state index in [4.69, 9.17) is 17.3 Å². The van der Waals surface area contributed by atoms with E-state index in [0.717, 1.165) is 29.2 Å². The van der Waals surface area contributed by atoms with Gasteiger partial charge in [-0.2, -0.15) is 5.10 Å². The van der Waals surface area contributed by atoms with Crippen molar-refractivity contribution in [1.82, 2.24) is 19.4 Å². The smallest absolute Gasteiger partial charge is 0.0867 e. The van der Waals surface area contributed by atoms with Gasteiger partial charge in [0.05, 0.1) is 33.5 Å². The van der Waals surface area contributed by atoms with Crippen LogP contribution >= 0.6 is 23.1 Å². The number of halogens is 1. The minimum Gasteiger partial charge on any atom is -0.318 e. The molecule has 2 rings (SSSR count). The van der Waals surface area contributed by atoms with Crippen molar-refractivity contribution >= 4 is 23.1 Å². The molecule has 0 aliphatic heterocycles. The molecule has 110 valence electrons. The van der Waals surface area contributed by atoms with E-state index in [0.29, 0.717) is 5.02 Å². The Morgan fingerprint density at radius 3 is 2.75 bits per heavy atom. The van der Waals surface area contributed by atoms with Crippen molar-refractivity contribution in [2.45, 2.75) is 52.1 Å². The SMILES string of the molecule is CCCn1ncc(Cl)c1C(N)c1snnc1C(C)(C)C. The Kier molecular flexibility index (Phi) is 4.46. The molecule has 0 spiro atoms. The van der Waals surface area contributed by atoms with Crippen LogP contribution in [0.1, 0.15) is 56.4 Å². The van der Waals surface area contributed by atoms with Gasteiger partial charge in [-0.25, -0.2) is 0 Å². The summed E-state index contributed by atoms with van der Waals surface area (Å²) in [6, 6.07) is -0.342. The summed E-state index contributed by atoms with van der Waals surface area (Å²) in [5.74, 6) is 0. The van der Waals surface area contributed by atoms with E-state index < -0.39 is 0 Å². The van der Waals surface area contributed by atoms with E-state index >= 15 is 0 Å². The highest BCUT2D eigenvalue weighted by atomic mass is 35.5. The number of nitrogens with zero attached hydrogens (tertiary/aromatic N) is 4. The van der Waals surface area contributed by atoms with Gasteiger partial charge in [0.1, 0.15) is 0 Å². The number of aryl methyl sites for hydroxylation is 1. The molecule has 1 atom stereocenters. The number of hydrogen-bond acceptors (Lipinski definition) is 5. The highest BCUT2D eigenvalue weighted by Crippen LogP contribution is 2.34. The molecule has 2 N–H and O–H groups in total. The van der Waals surface area contributed by atoms with Gasteiger partial charge < -0.3 is 5.73 Å². The quantitative estimate of drug-likeness (QED) is 0.941. The predicted molar refractivity (Wildman–Crippen MR) is 82.2 cm³/mol. The second kappa shape index (κ2) is 5.79. The number of aromatic nitrogens is 4. The molecule has 0 bridgehead atoms. The Balaban J connectivity index is 2.44. The molecule has 7 heteroatoms. The van der Waals surface area contributed by atoms with Crippen molar-refractivity contribution in [3.63, 3.8) is 0 Å². The van der Waals surface area contributed by atoms with Gasteiger partial charge in [-0.1, -0.05) is 43.8 Å². The molecule has 20 heavy (non-hydrogen) atoms. The van der Waals surface area contributed by atoms with Gasteiger partial charge in [-0.05, 0) is 18.0 Å². The molecule has 2 aromatic rings. The summed E-state index contributed by atoms with van der Waals surface area (Å²) in [6.07, 6.45) is 2.63. The van der Waals surface area contributed by atoms with Crippen molar-refractivity contribution in [3.05, 3.63) is 27.5 Å². The second-order valence-electron chi connectivity index (χ2n) is 5.81. The Morgan fingerprint density at radius 2 is 2.15 bits per heavy atom. The van der Waals surface area contributed by atoms with E-state index in [1.807, 2.05) is 4.68 Å². The summed E-state index contributed by atoms with van der Waals surface area (Å²) in [7, 11) is 0. The van der Waals surface area contributed by atoms with Gasteiger partial charge in [0, 0.05) is 12.0 Å². The highest BCUT2D eigenvalue weighted by molar-refractivity contribution is 7.05. The molecule has 0 aliphatic rings. The zero-order valence-corrected chi connectivity index (χ0v) is 13.8. The molecular formula is C13H20ClN5S. The third kappa shape index (κ3) is 2.87. The maximum atomic E-state index is 6.42. The van der Waals surface area contributed by atoms with Crippen LogP contribution in [-0.4, -0.2) is 19.4 Å². The standard InChI is InChI=1S/C13H20ClN5S/c1-5-6-19-10(8(14)7-16-19)9(15)11-12(13(2,3)4)17-18-20-11/h7,9H,5-6,15H2,1-4H3. The highest BCUT2D eigenvalue weighted by Gasteiger charge is 2.29. The molecule has 0 aromatic carbocycles. The van der Waals surface area contributed by atoms with Crippen LogP contribution in [0, 0.1) is 0 Å². The topological polar surface area (TPSA) is 69.6 Å². The normalized spacial score (nSPS) is 13.7. The molecule has 1 unspecified atom stereocenters. The Hall–Kier alpha value is -0.980. The third-order valence-corrected chi connectivity index (χ3v) is 4.17. The molecule has 0 saturated heterocycles. The maximum Gasteiger partial charge on any atom is 0.0867 e. The third-order valence-electron chi connectivity index (χ3n) is 3.07. The van der Waals surface area contributed by atoms with Gasteiger partial charge in [0.2, 0.25) is 0 Å². The van der Waals surface area contributed by atoms with Crippen molar-refractivity contribution in [1.29, 1.82) is 0 Å². The molecule has 0 saturated carbocycles. The van der Waals surface area contributed by atoms with Crippen LogP contribution in [-0.2, 0) is 12.0 Å². The number of nitrogens with two attached hydrogens (primary N) is 1. The summed E-state index contributed by atoms with van der Waals surface area (Å²) in [6.45, 7) is 9.20. The first kappa shape index (κ1) is 15.4. The lowest BCUT2D eigenvalue weighted by Crippen LogP contribution is -2.22. The maximum absolute atomic E-state index is 6.42. The molecule has 0 fully saturated rings. The van der Waals surface area contributed by atoms with Gasteiger partial charge in [0.25, 0.3) is 0 Å². The van der Waals surface area contributed by atoms with Crippen LogP contribution in [0.2, 0.25) is 5.02 Å². The molecule has 0 amide bonds. The predicted octanol–water partition coefficient (Wildman–Crippen LogP) is 3.14. The molecule has 2 aromatic heterocycles. The van der Waals surface area contributed by atoms with Crippen LogP contribution in [0.15, 0.2) is 6.20 Å². The molecule has 0 radical (unpaired) electrons. The van der Waals surface area contributed by atoms with Crippen molar-refractivity contribution in [2.24, 2.45) is 5.73 Å². The van der Waals surface area contributed by atoms with Crippen molar-refractivity contribution in [2.75, 3.05) is 0 Å². The number of rotatable bonds is 4. The fraction of sp³-hybridized carbons (Fsp3) is 0.615. The van der Waals surface area contributed by atoms with E-state index in [2.05, 4.69) is 42.4 Å². The summed E-state index contributed by atoms with van der Waals surface area (Å²) in [4.78, 5) is 0.956. The van der Waals surface area contributed by atoms with E-state index in [-0.39, 0.29) is 11.5 Å². The lowest BCUT2D eigenvalue weighted by Gasteiger charge is -2.20. The molecule has 0 aliphatic carbocycles. The van der Waals surface area contributed by atoms with E-state index in [1.54, 1.807) is 6.20 Å². The first-order chi connectivity index (χ1) is 9.36. The van der Waals surface area contributed by atoms with Gasteiger partial charge >= 0.3 is 0 Å². The van der Waals surface area contributed by atoms with E-state index in [9.17, 15) is 0 Å². The fourth-order valence-electron chi connectivity index (χ4n) is 2.12. The lowest BCUT2D eigenvalue weighted by molar-refractivity contribution is 0.539. The van der Waals surface area contributed by atoms with Crippen LogP contribution in [0.25, 0.3) is 0 Å². The Morgan fingerprint density at radius 1 is 1.45 bits per heavy atom. The van der Waals surface area contributed by atoms with Gasteiger partial charge in [-0.15, -0.1) is 5.10 Å². The van der Waals surface area contributed by atoms with Crippen LogP contribution < -0.4 is 5.73 Å². The number of hydrogen-bond donors (Lipinski definition) is 1. The van der Waals surface area contributed by atoms with Crippen LogP contribution in [0.3, 0.4) is 0 Å². The summed E-state index contributed by atoms with van der Waals surface area (Å²) in [5.41, 5.74) is 8.09. The first-order valence-corrected chi connectivity index (χ1v) is 7.81. The largest absolute Gasteiger partial charge is 0.318 e. The van der Waals surface area contributed by atoms with Gasteiger partial charge in [-0.3, -0.25) is 4.68 Å². The summed E-state index contributed by atoms with van der Waals surface area (Å²) in [5, 5.41) is 9.13.